The number of rotatable bonds is 5. The van der Waals surface area contributed by atoms with Crippen LogP contribution >= 0.6 is 0 Å². The average molecular weight is 619 g/mol. The summed E-state index contributed by atoms with van der Waals surface area (Å²) in [7, 11) is 0. The molecule has 1 aliphatic heterocycles. The number of nitrogens with zero attached hydrogens (tertiary/aromatic N) is 4. The number of carbonyl (C=O) groups excluding carboxylic acids is 5. The van der Waals surface area contributed by atoms with Crippen molar-refractivity contribution in [2.75, 3.05) is 13.1 Å². The van der Waals surface area contributed by atoms with E-state index in [-0.39, 0.29) is 49.0 Å². The van der Waals surface area contributed by atoms with Crippen LogP contribution in [0.15, 0.2) is 53.3 Å². The van der Waals surface area contributed by atoms with Crippen molar-refractivity contribution in [1.82, 2.24) is 41.3 Å². The van der Waals surface area contributed by atoms with Gasteiger partial charge < -0.3 is 30.7 Å². The SMILES string of the molecule is Cc1ncc(C(=O)N2CCNC(=O)[C@@H](Cc3ccccc3)NC(=O)[C@@H](CC(C)C)NC(=O)[C@@H](C)NC(=O)c3cc(on3)C2)cn1. The second kappa shape index (κ2) is 15.0. The summed E-state index contributed by atoms with van der Waals surface area (Å²) in [5.41, 5.74) is 0.945. The number of aryl methyl sites for hydroxylation is 1. The fourth-order valence-corrected chi connectivity index (χ4v) is 4.73. The van der Waals surface area contributed by atoms with E-state index in [0.717, 1.165) is 5.56 Å². The smallest absolute Gasteiger partial charge is 0.274 e. The van der Waals surface area contributed by atoms with E-state index in [9.17, 15) is 24.0 Å². The normalized spacial score (nSPS) is 20.4. The number of hydrogen-bond donors (Lipinski definition) is 4. The summed E-state index contributed by atoms with van der Waals surface area (Å²) in [6, 6.07) is 7.61. The maximum absolute atomic E-state index is 13.5. The van der Waals surface area contributed by atoms with Gasteiger partial charge in [-0.05, 0) is 31.7 Å². The van der Waals surface area contributed by atoms with Crippen LogP contribution in [0.25, 0.3) is 0 Å². The molecule has 2 aromatic heterocycles. The van der Waals surface area contributed by atoms with Crippen molar-refractivity contribution in [3.8, 4) is 0 Å². The molecule has 4 N–H and O–H groups in total. The molecule has 238 valence electrons. The molecule has 14 heteroatoms. The second-order valence-corrected chi connectivity index (χ2v) is 11.4. The number of aromatic nitrogens is 3. The maximum Gasteiger partial charge on any atom is 0.274 e. The van der Waals surface area contributed by atoms with E-state index in [1.54, 1.807) is 6.92 Å². The van der Waals surface area contributed by atoms with Crippen LogP contribution in [-0.4, -0.2) is 80.8 Å². The third-order valence-corrected chi connectivity index (χ3v) is 7.13. The van der Waals surface area contributed by atoms with Crippen molar-refractivity contribution in [3.05, 3.63) is 77.2 Å². The average Bonchev–Trinajstić information content (AvgIpc) is 3.48. The minimum absolute atomic E-state index is 0.0289. The lowest BCUT2D eigenvalue weighted by molar-refractivity contribution is -0.132. The lowest BCUT2D eigenvalue weighted by Gasteiger charge is -2.26. The Kier molecular flexibility index (Phi) is 11.0. The Balaban J connectivity index is 1.65. The molecule has 3 atom stereocenters. The highest BCUT2D eigenvalue weighted by molar-refractivity contribution is 5.98. The zero-order valence-corrected chi connectivity index (χ0v) is 25.7. The van der Waals surface area contributed by atoms with Gasteiger partial charge in [-0.15, -0.1) is 0 Å². The van der Waals surface area contributed by atoms with E-state index in [4.69, 9.17) is 4.52 Å². The van der Waals surface area contributed by atoms with Crippen LogP contribution in [-0.2, 0) is 27.3 Å². The van der Waals surface area contributed by atoms with E-state index >= 15 is 0 Å². The summed E-state index contributed by atoms with van der Waals surface area (Å²) >= 11 is 0. The first kappa shape index (κ1) is 32.8. The van der Waals surface area contributed by atoms with E-state index in [1.807, 2.05) is 44.2 Å². The van der Waals surface area contributed by atoms with E-state index in [1.165, 1.54) is 30.3 Å². The van der Waals surface area contributed by atoms with Crippen LogP contribution in [0.4, 0.5) is 0 Å². The van der Waals surface area contributed by atoms with Crippen LogP contribution in [0.3, 0.4) is 0 Å². The molecule has 0 radical (unpaired) electrons. The Hall–Kier alpha value is -5.14. The van der Waals surface area contributed by atoms with Gasteiger partial charge in [-0.1, -0.05) is 49.3 Å². The van der Waals surface area contributed by atoms with Gasteiger partial charge in [0.1, 0.15) is 23.9 Å². The van der Waals surface area contributed by atoms with Crippen molar-refractivity contribution in [2.45, 2.75) is 65.2 Å². The number of carbonyl (C=O) groups is 5. The predicted molar refractivity (Wildman–Crippen MR) is 161 cm³/mol. The number of fused-ring (bicyclic) bond motifs is 2. The third-order valence-electron chi connectivity index (χ3n) is 7.13. The number of benzene rings is 1. The van der Waals surface area contributed by atoms with Gasteiger partial charge in [-0.2, -0.15) is 0 Å². The Labute approximate surface area is 260 Å². The lowest BCUT2D eigenvalue weighted by Crippen LogP contribution is -2.57. The molecule has 1 aliphatic rings. The molecule has 5 amide bonds. The molecule has 2 bridgehead atoms. The molecule has 0 saturated heterocycles. The molecule has 45 heavy (non-hydrogen) atoms. The molecule has 0 saturated carbocycles. The van der Waals surface area contributed by atoms with Crippen LogP contribution < -0.4 is 21.3 Å². The zero-order chi connectivity index (χ0) is 32.5. The van der Waals surface area contributed by atoms with Crippen LogP contribution in [0.2, 0.25) is 0 Å². The minimum atomic E-state index is -1.03. The standard InChI is InChI=1S/C31H38N8O6/c1-18(2)12-24-29(42)37-25(13-21-8-6-5-7-9-21)28(41)32-10-11-39(31(44)22-15-33-20(4)34-16-22)17-23-14-26(38-45-23)30(43)35-19(3)27(40)36-24/h5-9,14-16,18-19,24-25H,10-13,17H2,1-4H3,(H,32,41)(H,35,43)(H,36,40)(H,37,42)/t19-,24-,25-/m1/s1. The van der Waals surface area contributed by atoms with Gasteiger partial charge in [0.05, 0.1) is 12.1 Å². The first-order valence-corrected chi connectivity index (χ1v) is 14.8. The van der Waals surface area contributed by atoms with E-state index in [2.05, 4.69) is 36.4 Å². The number of hydrogen-bond acceptors (Lipinski definition) is 9. The largest absolute Gasteiger partial charge is 0.359 e. The van der Waals surface area contributed by atoms with Crippen molar-refractivity contribution in [3.63, 3.8) is 0 Å². The monoisotopic (exact) mass is 618 g/mol. The van der Waals surface area contributed by atoms with Crippen LogP contribution in [0, 0.1) is 12.8 Å². The number of nitrogens with one attached hydrogen (secondary N) is 4. The van der Waals surface area contributed by atoms with Crippen molar-refractivity contribution in [2.24, 2.45) is 5.92 Å². The van der Waals surface area contributed by atoms with Gasteiger partial charge in [0.2, 0.25) is 17.7 Å². The molecule has 3 aromatic rings. The molecule has 0 unspecified atom stereocenters. The van der Waals surface area contributed by atoms with Crippen molar-refractivity contribution in [1.29, 1.82) is 0 Å². The molecular weight excluding hydrogens is 580 g/mol. The summed E-state index contributed by atoms with van der Waals surface area (Å²) < 4.78 is 5.35. The Morgan fingerprint density at radius 3 is 2.36 bits per heavy atom. The van der Waals surface area contributed by atoms with Gasteiger partial charge in [0.15, 0.2) is 11.5 Å². The predicted octanol–water partition coefficient (Wildman–Crippen LogP) is 0.922. The minimum Gasteiger partial charge on any atom is -0.359 e. The second-order valence-electron chi connectivity index (χ2n) is 11.4. The molecule has 4 rings (SSSR count). The Morgan fingerprint density at radius 2 is 1.67 bits per heavy atom. The van der Waals surface area contributed by atoms with Crippen molar-refractivity contribution >= 4 is 29.5 Å². The van der Waals surface area contributed by atoms with E-state index in [0.29, 0.717) is 12.2 Å². The highest BCUT2D eigenvalue weighted by atomic mass is 16.5. The van der Waals surface area contributed by atoms with Crippen molar-refractivity contribution < 1.29 is 28.5 Å². The fourth-order valence-electron chi connectivity index (χ4n) is 4.73. The number of amides is 5. The van der Waals surface area contributed by atoms with E-state index < -0.39 is 47.7 Å². The van der Waals surface area contributed by atoms with Gasteiger partial charge in [0, 0.05) is 38.0 Å². The topological polar surface area (TPSA) is 189 Å². The molecule has 0 fully saturated rings. The highest BCUT2D eigenvalue weighted by Crippen LogP contribution is 2.13. The molecule has 1 aromatic carbocycles. The molecule has 3 heterocycles. The third kappa shape index (κ3) is 9.17. The van der Waals surface area contributed by atoms with Gasteiger partial charge in [0.25, 0.3) is 11.8 Å². The summed E-state index contributed by atoms with van der Waals surface area (Å²) in [5.74, 6) is -1.96. The highest BCUT2D eigenvalue weighted by Gasteiger charge is 2.30. The van der Waals surface area contributed by atoms with Crippen LogP contribution in [0.1, 0.15) is 65.2 Å². The lowest BCUT2D eigenvalue weighted by atomic mass is 10.0. The fraction of sp³-hybridized carbons (Fsp3) is 0.419. The molecular formula is C31H38N8O6. The summed E-state index contributed by atoms with van der Waals surface area (Å²) in [4.78, 5) is 76.1. The summed E-state index contributed by atoms with van der Waals surface area (Å²) in [6.45, 7) is 6.98. The molecule has 0 aliphatic carbocycles. The first-order valence-electron chi connectivity index (χ1n) is 14.8. The summed E-state index contributed by atoms with van der Waals surface area (Å²) in [6.07, 6.45) is 3.29. The Morgan fingerprint density at radius 1 is 0.978 bits per heavy atom. The Bertz CT molecular complexity index is 1510. The maximum atomic E-state index is 13.5. The summed E-state index contributed by atoms with van der Waals surface area (Å²) in [5, 5.41) is 14.7. The molecule has 14 nitrogen and oxygen atoms in total. The zero-order valence-electron chi connectivity index (χ0n) is 25.7. The quantitative estimate of drug-likeness (QED) is 0.322. The van der Waals surface area contributed by atoms with Gasteiger partial charge in [-0.25, -0.2) is 9.97 Å². The van der Waals surface area contributed by atoms with Gasteiger partial charge in [-0.3, -0.25) is 24.0 Å². The molecule has 0 spiro atoms. The van der Waals surface area contributed by atoms with Crippen LogP contribution in [0.5, 0.6) is 0 Å². The first-order chi connectivity index (χ1) is 21.5. The van der Waals surface area contributed by atoms with Gasteiger partial charge >= 0.3 is 0 Å².